The number of aromatic nitrogens is 3. The van der Waals surface area contributed by atoms with Gasteiger partial charge in [0.15, 0.2) is 0 Å². The summed E-state index contributed by atoms with van der Waals surface area (Å²) in [7, 11) is 0. The van der Waals surface area contributed by atoms with Crippen LogP contribution in [0.15, 0.2) is 6.20 Å². The summed E-state index contributed by atoms with van der Waals surface area (Å²) in [5.41, 5.74) is 0.973. The molecule has 0 amide bonds. The molecule has 0 bridgehead atoms. The van der Waals surface area contributed by atoms with Crippen molar-refractivity contribution >= 4 is 0 Å². The van der Waals surface area contributed by atoms with Gasteiger partial charge in [-0.15, -0.1) is 5.10 Å². The van der Waals surface area contributed by atoms with Crippen molar-refractivity contribution in [1.29, 1.82) is 0 Å². The Hall–Kier alpha value is -0.940. The molecule has 5 heteroatoms. The molecule has 0 aliphatic carbocycles. The number of hydrogen-bond acceptors (Lipinski definition) is 4. The molecular weight excluding hydrogens is 228 g/mol. The first kappa shape index (κ1) is 13.5. The SMILES string of the molecule is CC(NCc1cn(C(C)(C)C)nn1)C1CCCO1. The van der Waals surface area contributed by atoms with E-state index in [1.807, 2.05) is 10.9 Å². The van der Waals surface area contributed by atoms with Gasteiger partial charge in [-0.3, -0.25) is 0 Å². The summed E-state index contributed by atoms with van der Waals surface area (Å²) in [6, 6.07) is 0.368. The van der Waals surface area contributed by atoms with E-state index in [2.05, 4.69) is 43.3 Å². The third-order valence-electron chi connectivity index (χ3n) is 3.36. The molecule has 102 valence electrons. The van der Waals surface area contributed by atoms with Crippen LogP contribution < -0.4 is 5.32 Å². The minimum Gasteiger partial charge on any atom is -0.377 e. The summed E-state index contributed by atoms with van der Waals surface area (Å²) < 4.78 is 7.56. The molecule has 0 radical (unpaired) electrons. The second-order valence-electron chi connectivity index (χ2n) is 6.05. The van der Waals surface area contributed by atoms with E-state index in [0.29, 0.717) is 12.1 Å². The highest BCUT2D eigenvalue weighted by molar-refractivity contribution is 4.95. The van der Waals surface area contributed by atoms with Gasteiger partial charge in [0.2, 0.25) is 0 Å². The molecule has 2 rings (SSSR count). The smallest absolute Gasteiger partial charge is 0.0965 e. The van der Waals surface area contributed by atoms with E-state index >= 15 is 0 Å². The fourth-order valence-electron chi connectivity index (χ4n) is 2.10. The van der Waals surface area contributed by atoms with E-state index in [1.54, 1.807) is 0 Å². The molecule has 1 aromatic rings. The molecular formula is C13H24N4O. The Morgan fingerprint density at radius 1 is 1.56 bits per heavy atom. The van der Waals surface area contributed by atoms with Gasteiger partial charge in [-0.2, -0.15) is 0 Å². The highest BCUT2D eigenvalue weighted by atomic mass is 16.5. The van der Waals surface area contributed by atoms with Crippen molar-refractivity contribution in [3.05, 3.63) is 11.9 Å². The lowest BCUT2D eigenvalue weighted by Crippen LogP contribution is -2.36. The molecule has 1 fully saturated rings. The maximum absolute atomic E-state index is 5.66. The largest absolute Gasteiger partial charge is 0.377 e. The van der Waals surface area contributed by atoms with Crippen molar-refractivity contribution in [2.75, 3.05) is 6.61 Å². The van der Waals surface area contributed by atoms with Crippen LogP contribution in [-0.4, -0.2) is 33.7 Å². The Labute approximate surface area is 109 Å². The van der Waals surface area contributed by atoms with Crippen LogP contribution in [0, 0.1) is 0 Å². The number of nitrogens with one attached hydrogen (secondary N) is 1. The van der Waals surface area contributed by atoms with Gasteiger partial charge in [-0.05, 0) is 40.5 Å². The van der Waals surface area contributed by atoms with Gasteiger partial charge in [0.05, 0.1) is 23.5 Å². The van der Waals surface area contributed by atoms with Crippen molar-refractivity contribution in [1.82, 2.24) is 20.3 Å². The van der Waals surface area contributed by atoms with Gasteiger partial charge >= 0.3 is 0 Å². The summed E-state index contributed by atoms with van der Waals surface area (Å²) >= 11 is 0. The van der Waals surface area contributed by atoms with Crippen LogP contribution in [0.1, 0.15) is 46.2 Å². The van der Waals surface area contributed by atoms with E-state index in [9.17, 15) is 0 Å². The number of rotatable bonds is 4. The van der Waals surface area contributed by atoms with Crippen molar-refractivity contribution in [3.63, 3.8) is 0 Å². The summed E-state index contributed by atoms with van der Waals surface area (Å²) in [6.45, 7) is 10.2. The van der Waals surface area contributed by atoms with Crippen molar-refractivity contribution < 1.29 is 4.74 Å². The second-order valence-corrected chi connectivity index (χ2v) is 6.05. The molecule has 1 aromatic heterocycles. The van der Waals surface area contributed by atoms with Crippen molar-refractivity contribution in [2.45, 2.75) is 64.8 Å². The maximum atomic E-state index is 5.66. The average Bonchev–Trinajstić information content (AvgIpc) is 2.96. The fraction of sp³-hybridized carbons (Fsp3) is 0.846. The van der Waals surface area contributed by atoms with Crippen LogP contribution >= 0.6 is 0 Å². The molecule has 0 aromatic carbocycles. The zero-order valence-corrected chi connectivity index (χ0v) is 11.8. The van der Waals surface area contributed by atoms with Crippen LogP contribution in [0.5, 0.6) is 0 Å². The standard InChI is InChI=1S/C13H24N4O/c1-10(12-6-5-7-18-12)14-8-11-9-17(16-15-11)13(2,3)4/h9-10,12,14H,5-8H2,1-4H3. The molecule has 1 N–H and O–H groups in total. The van der Waals surface area contributed by atoms with Gasteiger partial charge in [0.25, 0.3) is 0 Å². The van der Waals surface area contributed by atoms with Crippen molar-refractivity contribution in [3.8, 4) is 0 Å². The zero-order chi connectivity index (χ0) is 13.2. The minimum absolute atomic E-state index is 0.00850. The number of nitrogens with zero attached hydrogens (tertiary/aromatic N) is 3. The molecule has 1 aliphatic rings. The zero-order valence-electron chi connectivity index (χ0n) is 11.8. The Bertz CT molecular complexity index is 377. The molecule has 2 unspecified atom stereocenters. The van der Waals surface area contributed by atoms with Gasteiger partial charge in [-0.25, -0.2) is 4.68 Å². The summed E-state index contributed by atoms with van der Waals surface area (Å²) in [6.07, 6.45) is 4.69. The molecule has 5 nitrogen and oxygen atoms in total. The highest BCUT2D eigenvalue weighted by Crippen LogP contribution is 2.16. The monoisotopic (exact) mass is 252 g/mol. The van der Waals surface area contributed by atoms with Gasteiger partial charge in [0.1, 0.15) is 0 Å². The lowest BCUT2D eigenvalue weighted by atomic mass is 10.1. The first-order chi connectivity index (χ1) is 8.47. The minimum atomic E-state index is -0.00850. The summed E-state index contributed by atoms with van der Waals surface area (Å²) in [5, 5.41) is 11.8. The molecule has 2 heterocycles. The van der Waals surface area contributed by atoms with E-state index < -0.39 is 0 Å². The Morgan fingerprint density at radius 3 is 2.89 bits per heavy atom. The first-order valence-electron chi connectivity index (χ1n) is 6.73. The van der Waals surface area contributed by atoms with Gasteiger partial charge in [0, 0.05) is 19.2 Å². The van der Waals surface area contributed by atoms with E-state index in [4.69, 9.17) is 4.74 Å². The van der Waals surface area contributed by atoms with E-state index in [-0.39, 0.29) is 5.54 Å². The molecule has 1 aliphatic heterocycles. The molecule has 18 heavy (non-hydrogen) atoms. The van der Waals surface area contributed by atoms with Crippen LogP contribution in [0.2, 0.25) is 0 Å². The van der Waals surface area contributed by atoms with Crippen LogP contribution in [0.25, 0.3) is 0 Å². The Balaban J connectivity index is 1.84. The van der Waals surface area contributed by atoms with Crippen molar-refractivity contribution in [2.24, 2.45) is 0 Å². The second kappa shape index (κ2) is 5.36. The predicted octanol–water partition coefficient (Wildman–Crippen LogP) is 1.69. The molecule has 2 atom stereocenters. The normalized spacial score (nSPS) is 22.3. The van der Waals surface area contributed by atoms with Crippen LogP contribution in [0.4, 0.5) is 0 Å². The lowest BCUT2D eigenvalue weighted by molar-refractivity contribution is 0.0831. The predicted molar refractivity (Wildman–Crippen MR) is 70.3 cm³/mol. The molecule has 0 saturated carbocycles. The third-order valence-corrected chi connectivity index (χ3v) is 3.36. The van der Waals surface area contributed by atoms with Gasteiger partial charge in [-0.1, -0.05) is 5.21 Å². The lowest BCUT2D eigenvalue weighted by Gasteiger charge is -2.19. The molecule has 0 spiro atoms. The van der Waals surface area contributed by atoms with E-state index in [0.717, 1.165) is 25.3 Å². The van der Waals surface area contributed by atoms with Crippen LogP contribution in [-0.2, 0) is 16.8 Å². The number of ether oxygens (including phenoxy) is 1. The van der Waals surface area contributed by atoms with Crippen LogP contribution in [0.3, 0.4) is 0 Å². The average molecular weight is 252 g/mol. The highest BCUT2D eigenvalue weighted by Gasteiger charge is 2.22. The summed E-state index contributed by atoms with van der Waals surface area (Å²) in [5.74, 6) is 0. The molecule has 1 saturated heterocycles. The quantitative estimate of drug-likeness (QED) is 0.886. The van der Waals surface area contributed by atoms with Gasteiger partial charge < -0.3 is 10.1 Å². The Kier molecular flexibility index (Phi) is 4.02. The maximum Gasteiger partial charge on any atom is 0.0965 e. The fourth-order valence-corrected chi connectivity index (χ4v) is 2.10. The third kappa shape index (κ3) is 3.29. The van der Waals surface area contributed by atoms with E-state index in [1.165, 1.54) is 6.42 Å². The summed E-state index contributed by atoms with van der Waals surface area (Å²) in [4.78, 5) is 0. The number of hydrogen-bond donors (Lipinski definition) is 1. The first-order valence-corrected chi connectivity index (χ1v) is 6.73. The Morgan fingerprint density at radius 2 is 2.33 bits per heavy atom. The topological polar surface area (TPSA) is 52.0 Å².